The number of carboxylic acid groups (broad SMARTS) is 2. The molecule has 2 N–H and O–H groups in total. The maximum absolute atomic E-state index is 12.2. The quantitative estimate of drug-likeness (QED) is 0.213. The SMILES string of the molecule is COc1ccc2c(c1OC)CN1CCc3cc4c(cc3[C@@H]1C2)OCO4.Cc1ccc(C(=O)O[C@H](C(=O)O)[C@H](OC(=O)c2ccc(C)cc2)C(=O)O)cc1. The summed E-state index contributed by atoms with van der Waals surface area (Å²) in [6.07, 6.45) is -2.44. The number of carbonyl (C=O) groups excluding carboxylic acids is 2. The van der Waals surface area contributed by atoms with Crippen molar-refractivity contribution in [3.63, 3.8) is 0 Å². The van der Waals surface area contributed by atoms with Crippen molar-refractivity contribution < 1.29 is 57.8 Å². The van der Waals surface area contributed by atoms with Crippen LogP contribution in [0.2, 0.25) is 0 Å². The van der Waals surface area contributed by atoms with Crippen LogP contribution in [-0.2, 0) is 38.4 Å². The van der Waals surface area contributed by atoms with Gasteiger partial charge in [0.2, 0.25) is 19.0 Å². The first-order valence-electron chi connectivity index (χ1n) is 16.9. The van der Waals surface area contributed by atoms with Crippen LogP contribution in [0.1, 0.15) is 60.1 Å². The average molecular weight is 726 g/mol. The second-order valence-electron chi connectivity index (χ2n) is 12.8. The van der Waals surface area contributed by atoms with Gasteiger partial charge >= 0.3 is 23.9 Å². The van der Waals surface area contributed by atoms with E-state index in [1.165, 1.54) is 46.5 Å². The zero-order valence-corrected chi connectivity index (χ0v) is 29.6. The van der Waals surface area contributed by atoms with E-state index in [4.69, 9.17) is 28.4 Å². The summed E-state index contributed by atoms with van der Waals surface area (Å²) < 4.78 is 31.9. The van der Waals surface area contributed by atoms with E-state index < -0.39 is 36.1 Å². The third-order valence-corrected chi connectivity index (χ3v) is 9.43. The van der Waals surface area contributed by atoms with E-state index in [9.17, 15) is 29.4 Å². The van der Waals surface area contributed by atoms with Crippen molar-refractivity contribution in [3.05, 3.63) is 117 Å². The van der Waals surface area contributed by atoms with E-state index in [0.717, 1.165) is 60.1 Å². The Morgan fingerprint density at radius 1 is 0.736 bits per heavy atom. The fraction of sp³-hybridized carbons (Fsp3) is 0.300. The molecule has 13 heteroatoms. The molecule has 0 aromatic heterocycles. The zero-order chi connectivity index (χ0) is 37.8. The van der Waals surface area contributed by atoms with Gasteiger partial charge in [-0.3, -0.25) is 4.90 Å². The molecule has 4 aromatic rings. The van der Waals surface area contributed by atoms with Gasteiger partial charge in [0.05, 0.1) is 25.3 Å². The molecule has 7 rings (SSSR count). The topological polar surface area (TPSA) is 167 Å². The van der Waals surface area contributed by atoms with Crippen molar-refractivity contribution in [2.75, 3.05) is 27.6 Å². The number of benzene rings is 4. The first-order valence-corrected chi connectivity index (χ1v) is 16.9. The summed E-state index contributed by atoms with van der Waals surface area (Å²) in [4.78, 5) is 49.9. The number of rotatable bonds is 9. The van der Waals surface area contributed by atoms with E-state index in [1.807, 2.05) is 6.07 Å². The predicted octanol–water partition coefficient (Wildman–Crippen LogP) is 5.31. The summed E-state index contributed by atoms with van der Waals surface area (Å²) >= 11 is 0. The monoisotopic (exact) mass is 725 g/mol. The highest BCUT2D eigenvalue weighted by atomic mass is 16.7. The Morgan fingerprint density at radius 3 is 1.79 bits per heavy atom. The number of aryl methyl sites for hydroxylation is 2. The summed E-state index contributed by atoms with van der Waals surface area (Å²) in [7, 11) is 3.41. The van der Waals surface area contributed by atoms with Crippen LogP contribution in [0.5, 0.6) is 23.0 Å². The van der Waals surface area contributed by atoms with Crippen LogP contribution in [0.25, 0.3) is 0 Å². The maximum Gasteiger partial charge on any atom is 0.349 e. The predicted molar refractivity (Wildman–Crippen MR) is 189 cm³/mol. The van der Waals surface area contributed by atoms with Crippen LogP contribution in [-0.4, -0.2) is 78.8 Å². The molecule has 0 saturated heterocycles. The van der Waals surface area contributed by atoms with Crippen LogP contribution < -0.4 is 18.9 Å². The highest BCUT2D eigenvalue weighted by Crippen LogP contribution is 2.46. The number of hydrogen-bond acceptors (Lipinski definition) is 11. The number of hydrogen-bond donors (Lipinski definition) is 2. The molecule has 3 heterocycles. The van der Waals surface area contributed by atoms with E-state index >= 15 is 0 Å². The Labute approximate surface area is 305 Å². The zero-order valence-electron chi connectivity index (χ0n) is 29.6. The number of fused-ring (bicyclic) bond motifs is 5. The lowest BCUT2D eigenvalue weighted by Crippen LogP contribution is -2.45. The highest BCUT2D eigenvalue weighted by molar-refractivity contribution is 5.95. The van der Waals surface area contributed by atoms with Gasteiger partial charge in [-0.05, 0) is 85.8 Å². The number of aliphatic carboxylic acids is 2. The molecule has 0 spiro atoms. The fourth-order valence-corrected chi connectivity index (χ4v) is 6.61. The van der Waals surface area contributed by atoms with Crippen molar-refractivity contribution in [2.24, 2.45) is 0 Å². The lowest BCUT2D eigenvalue weighted by Gasteiger charge is -2.42. The van der Waals surface area contributed by atoms with Crippen LogP contribution in [0.3, 0.4) is 0 Å². The number of methoxy groups -OCH3 is 2. The van der Waals surface area contributed by atoms with Gasteiger partial charge < -0.3 is 38.6 Å². The molecule has 53 heavy (non-hydrogen) atoms. The standard InChI is InChI=1S/C20H21NO4.C20H18O8/c1-22-17-4-3-12-7-16-14-9-19-18(24-11-25-19)8-13(14)5-6-21(16)10-15(12)20(17)23-2;1-11-3-7-13(8-4-11)19(25)27-15(17(21)22)16(18(23)24)28-20(26)14-9-5-12(2)6-10-14/h3-4,8-9,16H,5-7,10-11H2,1-2H3;3-10,15-16H,1-2H3,(H,21,22)(H,23,24)/t16-;15-,16-/m00/s1. The number of ether oxygens (including phenoxy) is 6. The van der Waals surface area contributed by atoms with Gasteiger partial charge in [0.15, 0.2) is 23.0 Å². The van der Waals surface area contributed by atoms with Crippen LogP contribution in [0.4, 0.5) is 0 Å². The summed E-state index contributed by atoms with van der Waals surface area (Å²) in [5.41, 5.74) is 7.14. The van der Waals surface area contributed by atoms with Crippen LogP contribution in [0.15, 0.2) is 72.8 Å². The number of carboxylic acids is 2. The van der Waals surface area contributed by atoms with Crippen LogP contribution >= 0.6 is 0 Å². The van der Waals surface area contributed by atoms with Crippen molar-refractivity contribution in [2.45, 2.75) is 51.5 Å². The molecule has 3 aliphatic rings. The second-order valence-corrected chi connectivity index (χ2v) is 12.8. The Kier molecular flexibility index (Phi) is 10.8. The molecule has 0 amide bonds. The third kappa shape index (κ3) is 7.90. The molecule has 0 aliphatic carbocycles. The molecule has 3 aliphatic heterocycles. The number of esters is 2. The van der Waals surface area contributed by atoms with Gasteiger partial charge in [-0.1, -0.05) is 41.5 Å². The van der Waals surface area contributed by atoms with Crippen LogP contribution in [0, 0.1) is 13.8 Å². The van der Waals surface area contributed by atoms with Gasteiger partial charge in [-0.25, -0.2) is 19.2 Å². The molecule has 0 radical (unpaired) electrons. The summed E-state index contributed by atoms with van der Waals surface area (Å²) in [6, 6.07) is 21.0. The molecule has 0 unspecified atom stereocenters. The first-order chi connectivity index (χ1) is 25.5. The first kappa shape index (κ1) is 36.7. The highest BCUT2D eigenvalue weighted by Gasteiger charge is 2.41. The summed E-state index contributed by atoms with van der Waals surface area (Å²) in [5.74, 6) is -2.19. The molecular weight excluding hydrogens is 686 g/mol. The molecular formula is C40H39NO12. The Hall–Kier alpha value is -6.08. The molecule has 0 saturated carbocycles. The summed E-state index contributed by atoms with van der Waals surface area (Å²) in [6.45, 7) is 5.83. The third-order valence-electron chi connectivity index (χ3n) is 9.43. The summed E-state index contributed by atoms with van der Waals surface area (Å²) in [5, 5.41) is 18.6. The van der Waals surface area contributed by atoms with Gasteiger partial charge in [0.25, 0.3) is 0 Å². The maximum atomic E-state index is 12.2. The Balaban J connectivity index is 0.000000182. The van der Waals surface area contributed by atoms with E-state index in [2.05, 4.69) is 23.1 Å². The van der Waals surface area contributed by atoms with Gasteiger partial charge in [-0.2, -0.15) is 0 Å². The molecule has 0 bridgehead atoms. The van der Waals surface area contributed by atoms with Gasteiger partial charge in [0, 0.05) is 24.7 Å². The van der Waals surface area contributed by atoms with Crippen molar-refractivity contribution in [3.8, 4) is 23.0 Å². The fourth-order valence-electron chi connectivity index (χ4n) is 6.61. The smallest absolute Gasteiger partial charge is 0.349 e. The minimum atomic E-state index is -2.22. The average Bonchev–Trinajstić information content (AvgIpc) is 3.62. The Morgan fingerprint density at radius 2 is 1.28 bits per heavy atom. The lowest BCUT2D eigenvalue weighted by atomic mass is 9.83. The van der Waals surface area contributed by atoms with Gasteiger partial charge in [0.1, 0.15) is 0 Å². The minimum Gasteiger partial charge on any atom is -0.493 e. The van der Waals surface area contributed by atoms with Crippen molar-refractivity contribution >= 4 is 23.9 Å². The molecule has 13 nitrogen and oxygen atoms in total. The molecule has 0 fully saturated rings. The van der Waals surface area contributed by atoms with E-state index in [-0.39, 0.29) is 11.1 Å². The number of nitrogens with zero attached hydrogens (tertiary/aromatic N) is 1. The molecule has 276 valence electrons. The van der Waals surface area contributed by atoms with Gasteiger partial charge in [-0.15, -0.1) is 0 Å². The van der Waals surface area contributed by atoms with E-state index in [1.54, 1.807) is 52.3 Å². The largest absolute Gasteiger partial charge is 0.493 e. The van der Waals surface area contributed by atoms with E-state index in [0.29, 0.717) is 12.8 Å². The lowest BCUT2D eigenvalue weighted by molar-refractivity contribution is -0.166. The molecule has 4 aromatic carbocycles. The molecule has 3 atom stereocenters. The van der Waals surface area contributed by atoms with Crippen molar-refractivity contribution in [1.29, 1.82) is 0 Å². The van der Waals surface area contributed by atoms with Crippen molar-refractivity contribution in [1.82, 2.24) is 4.90 Å². The Bertz CT molecular complexity index is 1950. The minimum absolute atomic E-state index is 0.0332. The normalized spacial score (nSPS) is 16.3. The second kappa shape index (κ2) is 15.7. The number of carbonyl (C=O) groups is 4.